The highest BCUT2D eigenvalue weighted by atomic mass is 35.5. The molecule has 0 aromatic heterocycles. The van der Waals surface area contributed by atoms with Gasteiger partial charge in [-0.15, -0.1) is 0 Å². The van der Waals surface area contributed by atoms with E-state index >= 15 is 0 Å². The fraction of sp³-hybridized carbons (Fsp3) is 0.571. The van der Waals surface area contributed by atoms with Crippen molar-refractivity contribution in [3.8, 4) is 5.75 Å². The van der Waals surface area contributed by atoms with Crippen molar-refractivity contribution < 1.29 is 9.84 Å². The Bertz CT molecular complexity index is 378. The minimum absolute atomic E-state index is 0.130. The van der Waals surface area contributed by atoms with Crippen molar-refractivity contribution in [1.29, 1.82) is 0 Å². The van der Waals surface area contributed by atoms with Crippen LogP contribution >= 0.6 is 11.6 Å². The third-order valence-electron chi connectivity index (χ3n) is 3.28. The van der Waals surface area contributed by atoms with Crippen LogP contribution < -0.4 is 5.32 Å². The summed E-state index contributed by atoms with van der Waals surface area (Å²) in [7, 11) is 0. The molecule has 0 heterocycles. The second kappa shape index (κ2) is 6.98. The molecule has 100 valence electrons. The lowest BCUT2D eigenvalue weighted by Crippen LogP contribution is -2.21. The van der Waals surface area contributed by atoms with E-state index in [1.165, 1.54) is 25.7 Å². The molecule has 1 fully saturated rings. The first-order chi connectivity index (χ1) is 8.75. The molecule has 18 heavy (non-hydrogen) atoms. The minimum atomic E-state index is 0.130. The van der Waals surface area contributed by atoms with Crippen molar-refractivity contribution in [2.24, 2.45) is 0 Å². The topological polar surface area (TPSA) is 41.5 Å². The van der Waals surface area contributed by atoms with Crippen LogP contribution in [0.25, 0.3) is 0 Å². The molecular formula is C14H20ClNO2. The lowest BCUT2D eigenvalue weighted by atomic mass is 10.2. The number of phenolic OH excluding ortho intramolecular Hbond substituents is 1. The summed E-state index contributed by atoms with van der Waals surface area (Å²) in [6.45, 7) is 2.35. The quantitative estimate of drug-likeness (QED) is 0.780. The Hall–Kier alpha value is -0.770. The van der Waals surface area contributed by atoms with E-state index in [2.05, 4.69) is 5.32 Å². The number of halogens is 1. The maximum atomic E-state index is 9.30. The Morgan fingerprint density at radius 3 is 2.83 bits per heavy atom. The molecule has 2 N–H and O–H groups in total. The molecule has 2 rings (SSSR count). The number of rotatable bonds is 6. The predicted molar refractivity (Wildman–Crippen MR) is 73.0 cm³/mol. The number of hydrogen-bond donors (Lipinski definition) is 2. The van der Waals surface area contributed by atoms with Gasteiger partial charge in [0.25, 0.3) is 0 Å². The van der Waals surface area contributed by atoms with Crippen LogP contribution in [0.15, 0.2) is 18.2 Å². The van der Waals surface area contributed by atoms with Crippen LogP contribution in [0.5, 0.6) is 5.75 Å². The molecule has 1 saturated carbocycles. The Morgan fingerprint density at radius 1 is 1.33 bits per heavy atom. The van der Waals surface area contributed by atoms with Crippen molar-refractivity contribution in [2.45, 2.75) is 38.3 Å². The number of hydrogen-bond acceptors (Lipinski definition) is 3. The van der Waals surface area contributed by atoms with E-state index in [4.69, 9.17) is 16.3 Å². The fourth-order valence-corrected chi connectivity index (χ4v) is 2.45. The molecule has 0 radical (unpaired) electrons. The standard InChI is InChI=1S/C14H20ClNO2/c15-13-9-11(5-6-14(13)17)10-16-7-8-18-12-3-1-2-4-12/h5-6,9,12,16-17H,1-4,7-8,10H2. The van der Waals surface area contributed by atoms with Crippen LogP contribution in [0, 0.1) is 0 Å². The first-order valence-corrected chi connectivity index (χ1v) is 6.93. The SMILES string of the molecule is Oc1ccc(CNCCOC2CCCC2)cc1Cl. The number of aromatic hydroxyl groups is 1. The van der Waals surface area contributed by atoms with Crippen LogP contribution in [0.1, 0.15) is 31.2 Å². The van der Waals surface area contributed by atoms with Gasteiger partial charge in [0.15, 0.2) is 0 Å². The minimum Gasteiger partial charge on any atom is -0.506 e. The molecule has 1 aliphatic rings. The molecule has 1 aromatic carbocycles. The summed E-state index contributed by atoms with van der Waals surface area (Å²) in [5, 5.41) is 13.0. The maximum Gasteiger partial charge on any atom is 0.134 e. The van der Waals surface area contributed by atoms with Gasteiger partial charge in [0, 0.05) is 13.1 Å². The summed E-state index contributed by atoms with van der Waals surface area (Å²) in [6, 6.07) is 5.27. The molecular weight excluding hydrogens is 250 g/mol. The van der Waals surface area contributed by atoms with Crippen LogP contribution in [0.4, 0.5) is 0 Å². The Labute approximate surface area is 113 Å². The highest BCUT2D eigenvalue weighted by Gasteiger charge is 2.14. The van der Waals surface area contributed by atoms with Crippen molar-refractivity contribution in [3.63, 3.8) is 0 Å². The smallest absolute Gasteiger partial charge is 0.134 e. The van der Waals surface area contributed by atoms with E-state index < -0.39 is 0 Å². The van der Waals surface area contributed by atoms with Gasteiger partial charge in [0.2, 0.25) is 0 Å². The summed E-state index contributed by atoms with van der Waals surface area (Å²) < 4.78 is 5.76. The molecule has 1 aromatic rings. The molecule has 0 saturated heterocycles. The van der Waals surface area contributed by atoms with E-state index in [9.17, 15) is 5.11 Å². The second-order valence-corrected chi connectivity index (χ2v) is 5.15. The molecule has 4 heteroatoms. The highest BCUT2D eigenvalue weighted by molar-refractivity contribution is 6.32. The number of ether oxygens (including phenoxy) is 1. The van der Waals surface area contributed by atoms with E-state index in [0.717, 1.165) is 25.3 Å². The van der Waals surface area contributed by atoms with E-state index in [0.29, 0.717) is 11.1 Å². The van der Waals surface area contributed by atoms with Crippen LogP contribution in [-0.2, 0) is 11.3 Å². The molecule has 1 aliphatic carbocycles. The normalized spacial score (nSPS) is 16.3. The second-order valence-electron chi connectivity index (χ2n) is 4.74. The Kier molecular flexibility index (Phi) is 5.29. The van der Waals surface area contributed by atoms with Gasteiger partial charge in [-0.2, -0.15) is 0 Å². The van der Waals surface area contributed by atoms with Crippen molar-refractivity contribution in [2.75, 3.05) is 13.2 Å². The molecule has 0 aliphatic heterocycles. The lowest BCUT2D eigenvalue weighted by Gasteiger charge is -2.11. The van der Waals surface area contributed by atoms with Crippen LogP contribution in [0.2, 0.25) is 5.02 Å². The monoisotopic (exact) mass is 269 g/mol. The number of phenols is 1. The predicted octanol–water partition coefficient (Wildman–Crippen LogP) is 3.09. The summed E-state index contributed by atoms with van der Waals surface area (Å²) in [6.07, 6.45) is 5.53. The largest absolute Gasteiger partial charge is 0.506 e. The Balaban J connectivity index is 1.61. The van der Waals surface area contributed by atoms with Gasteiger partial charge in [-0.25, -0.2) is 0 Å². The summed E-state index contributed by atoms with van der Waals surface area (Å²) in [4.78, 5) is 0. The van der Waals surface area contributed by atoms with E-state index in [-0.39, 0.29) is 5.75 Å². The summed E-state index contributed by atoms with van der Waals surface area (Å²) >= 11 is 5.84. The van der Waals surface area contributed by atoms with Crippen LogP contribution in [-0.4, -0.2) is 24.4 Å². The van der Waals surface area contributed by atoms with Gasteiger partial charge in [0.1, 0.15) is 5.75 Å². The van der Waals surface area contributed by atoms with Crippen molar-refractivity contribution in [1.82, 2.24) is 5.32 Å². The van der Waals surface area contributed by atoms with Gasteiger partial charge < -0.3 is 15.2 Å². The van der Waals surface area contributed by atoms with Crippen LogP contribution in [0.3, 0.4) is 0 Å². The zero-order valence-electron chi connectivity index (χ0n) is 10.5. The van der Waals surface area contributed by atoms with Crippen molar-refractivity contribution >= 4 is 11.6 Å². The summed E-state index contributed by atoms with van der Waals surface area (Å²) in [5.41, 5.74) is 1.07. The summed E-state index contributed by atoms with van der Waals surface area (Å²) in [5.74, 6) is 0.130. The van der Waals surface area contributed by atoms with Gasteiger partial charge in [0.05, 0.1) is 17.7 Å². The average molecular weight is 270 g/mol. The molecule has 0 unspecified atom stereocenters. The third-order valence-corrected chi connectivity index (χ3v) is 3.58. The zero-order chi connectivity index (χ0) is 12.8. The zero-order valence-corrected chi connectivity index (χ0v) is 11.2. The fourth-order valence-electron chi connectivity index (χ4n) is 2.25. The highest BCUT2D eigenvalue weighted by Crippen LogP contribution is 2.23. The molecule has 0 amide bonds. The first-order valence-electron chi connectivity index (χ1n) is 6.55. The van der Waals surface area contributed by atoms with E-state index in [1.807, 2.05) is 6.07 Å². The van der Waals surface area contributed by atoms with Gasteiger partial charge in [-0.05, 0) is 30.5 Å². The lowest BCUT2D eigenvalue weighted by molar-refractivity contribution is 0.0603. The maximum absolute atomic E-state index is 9.30. The molecule has 0 spiro atoms. The third kappa shape index (κ3) is 4.16. The molecule has 0 atom stereocenters. The van der Waals surface area contributed by atoms with Gasteiger partial charge in [-0.3, -0.25) is 0 Å². The van der Waals surface area contributed by atoms with E-state index in [1.54, 1.807) is 12.1 Å². The average Bonchev–Trinajstić information content (AvgIpc) is 2.86. The van der Waals surface area contributed by atoms with Crippen molar-refractivity contribution in [3.05, 3.63) is 28.8 Å². The molecule has 3 nitrogen and oxygen atoms in total. The number of nitrogens with one attached hydrogen (secondary N) is 1. The van der Waals surface area contributed by atoms with Gasteiger partial charge >= 0.3 is 0 Å². The van der Waals surface area contributed by atoms with Gasteiger partial charge in [-0.1, -0.05) is 30.5 Å². The Morgan fingerprint density at radius 2 is 2.11 bits per heavy atom. The molecule has 0 bridgehead atoms. The first kappa shape index (κ1) is 13.7. The number of benzene rings is 1.